The van der Waals surface area contributed by atoms with Crippen molar-refractivity contribution in [1.29, 1.82) is 5.41 Å². The molecule has 0 spiro atoms. The number of hydrogen-bond acceptors (Lipinski definition) is 9. The van der Waals surface area contributed by atoms with Crippen molar-refractivity contribution >= 4 is 40.8 Å². The average molecular weight is 580 g/mol. The minimum atomic E-state index is -1.76. The van der Waals surface area contributed by atoms with Crippen LogP contribution in [0.1, 0.15) is 29.9 Å². The second-order valence-corrected chi connectivity index (χ2v) is 11.6. The highest BCUT2D eigenvalue weighted by Gasteiger charge is 2.34. The van der Waals surface area contributed by atoms with Gasteiger partial charge in [0.05, 0.1) is 23.8 Å². The number of nitrogens with one attached hydrogen (secondary N) is 3. The van der Waals surface area contributed by atoms with E-state index in [9.17, 15) is 4.55 Å². The second-order valence-electron chi connectivity index (χ2n) is 10.0. The maximum atomic E-state index is 13.0. The molecule has 1 unspecified atom stereocenters. The fourth-order valence-corrected chi connectivity index (χ4v) is 5.75. The molecule has 2 aliphatic rings. The largest absolute Gasteiger partial charge is 0.588 e. The number of benzene rings is 2. The van der Waals surface area contributed by atoms with Gasteiger partial charge in [-0.1, -0.05) is 41.9 Å². The van der Waals surface area contributed by atoms with Crippen LogP contribution in [0, 0.1) is 12.3 Å². The van der Waals surface area contributed by atoms with Gasteiger partial charge >= 0.3 is 0 Å². The van der Waals surface area contributed by atoms with Crippen molar-refractivity contribution in [2.45, 2.75) is 25.7 Å². The fraction of sp³-hybridized carbons (Fsp3) is 0.345. The standard InChI is InChI=1S/C29H34ClN7O2S/c1-19-7-4-5-8-22(19)27-25(20-11-12-20)28(34-29(33-27)35-40(38)21(17-31)18-32-2)39-24-10-6-9-23(26(24)30)37-15-13-36(3)14-16-37/h4-10,17-18,20,31-32H,11-16H2,1-3H3,(H,33,34,35)/b21-18+,31-17?. The Bertz CT molecular complexity index is 1410. The number of anilines is 2. The van der Waals surface area contributed by atoms with Crippen LogP contribution in [0.25, 0.3) is 11.3 Å². The van der Waals surface area contributed by atoms with E-state index in [1.807, 2.05) is 49.4 Å². The van der Waals surface area contributed by atoms with Gasteiger partial charge in [0.15, 0.2) is 0 Å². The molecular weight excluding hydrogens is 546 g/mol. The van der Waals surface area contributed by atoms with Gasteiger partial charge in [-0.15, -0.1) is 0 Å². The van der Waals surface area contributed by atoms with E-state index < -0.39 is 11.4 Å². The summed E-state index contributed by atoms with van der Waals surface area (Å²) in [6, 6.07) is 13.9. The average Bonchev–Trinajstić information content (AvgIpc) is 3.79. The number of likely N-dealkylation sites (N-methyl/N-ethyl adjacent to an activating group) is 1. The maximum Gasteiger partial charge on any atom is 0.269 e. The van der Waals surface area contributed by atoms with Gasteiger partial charge in [0, 0.05) is 44.4 Å². The zero-order chi connectivity index (χ0) is 28.2. The quantitative estimate of drug-likeness (QED) is 0.219. The van der Waals surface area contributed by atoms with Gasteiger partial charge in [0.1, 0.15) is 22.1 Å². The molecule has 1 aromatic heterocycles. The van der Waals surface area contributed by atoms with E-state index in [0.717, 1.165) is 73.3 Å². The van der Waals surface area contributed by atoms with Gasteiger partial charge in [-0.2, -0.15) is 9.71 Å². The molecule has 11 heteroatoms. The molecular formula is C29H34ClN7O2S. The number of hydrogen-bond donors (Lipinski definition) is 3. The summed E-state index contributed by atoms with van der Waals surface area (Å²) in [5, 5.41) is 11.0. The van der Waals surface area contributed by atoms with E-state index >= 15 is 0 Å². The normalized spacial score (nSPS) is 16.9. The number of piperazine rings is 1. The highest BCUT2D eigenvalue weighted by atomic mass is 35.5. The highest BCUT2D eigenvalue weighted by molar-refractivity contribution is 7.97. The Balaban J connectivity index is 1.58. The van der Waals surface area contributed by atoms with Gasteiger partial charge in [-0.25, -0.2) is 4.98 Å². The van der Waals surface area contributed by atoms with Crippen molar-refractivity contribution in [2.75, 3.05) is 49.9 Å². The van der Waals surface area contributed by atoms with Crippen molar-refractivity contribution in [1.82, 2.24) is 20.2 Å². The molecule has 210 valence electrons. The molecule has 1 aliphatic heterocycles. The lowest BCUT2D eigenvalue weighted by molar-refractivity contribution is 0.313. The summed E-state index contributed by atoms with van der Waals surface area (Å²) in [6.45, 7) is 5.73. The number of nitrogens with zero attached hydrogens (tertiary/aromatic N) is 4. The van der Waals surface area contributed by atoms with Crippen LogP contribution < -0.4 is 19.7 Å². The third kappa shape index (κ3) is 6.20. The van der Waals surface area contributed by atoms with E-state index in [1.54, 1.807) is 7.05 Å². The first-order valence-corrected chi connectivity index (χ1v) is 14.9. The predicted octanol–water partition coefficient (Wildman–Crippen LogP) is 5.31. The molecule has 0 bridgehead atoms. The van der Waals surface area contributed by atoms with E-state index in [0.29, 0.717) is 16.7 Å². The predicted molar refractivity (Wildman–Crippen MR) is 163 cm³/mol. The van der Waals surface area contributed by atoms with E-state index in [-0.39, 0.29) is 16.8 Å². The Hall–Kier alpha value is -3.31. The molecule has 2 heterocycles. The minimum absolute atomic E-state index is 0.145. The first-order valence-electron chi connectivity index (χ1n) is 13.3. The number of ether oxygens (including phenoxy) is 1. The molecule has 3 aromatic rings. The molecule has 5 rings (SSSR count). The molecule has 2 aromatic carbocycles. The third-order valence-corrected chi connectivity index (χ3v) is 8.53. The topological polar surface area (TPSA) is 112 Å². The van der Waals surface area contributed by atoms with Crippen LogP contribution in [-0.2, 0) is 11.4 Å². The van der Waals surface area contributed by atoms with E-state index in [4.69, 9.17) is 31.7 Å². The summed E-state index contributed by atoms with van der Waals surface area (Å²) in [5.41, 5.74) is 4.61. The lowest BCUT2D eigenvalue weighted by Crippen LogP contribution is -2.44. The summed E-state index contributed by atoms with van der Waals surface area (Å²) in [4.78, 5) is 14.4. The summed E-state index contributed by atoms with van der Waals surface area (Å²) in [6.07, 6.45) is 4.55. The molecule has 1 aliphatic carbocycles. The number of allylic oxidation sites excluding steroid dienone is 1. The van der Waals surface area contributed by atoms with Crippen molar-refractivity contribution < 1.29 is 9.29 Å². The molecule has 0 amide bonds. The van der Waals surface area contributed by atoms with Crippen LogP contribution in [0.4, 0.5) is 11.6 Å². The molecule has 40 heavy (non-hydrogen) atoms. The zero-order valence-electron chi connectivity index (χ0n) is 22.9. The van der Waals surface area contributed by atoms with E-state index in [1.165, 1.54) is 6.20 Å². The van der Waals surface area contributed by atoms with Crippen molar-refractivity contribution in [3.63, 3.8) is 0 Å². The summed E-state index contributed by atoms with van der Waals surface area (Å²) in [5.74, 6) is 1.30. The third-order valence-electron chi connectivity index (χ3n) is 7.12. The lowest BCUT2D eigenvalue weighted by Gasteiger charge is -2.34. The molecule has 1 saturated heterocycles. The number of halogens is 1. The van der Waals surface area contributed by atoms with E-state index in [2.05, 4.69) is 26.9 Å². The molecule has 2 fully saturated rings. The summed E-state index contributed by atoms with van der Waals surface area (Å²) in [7, 11) is 3.81. The number of rotatable bonds is 10. The van der Waals surface area contributed by atoms with Gasteiger partial charge in [-0.05, 0) is 50.4 Å². The molecule has 3 N–H and O–H groups in total. The van der Waals surface area contributed by atoms with Crippen LogP contribution in [-0.4, -0.2) is 65.9 Å². The maximum absolute atomic E-state index is 13.0. The van der Waals surface area contributed by atoms with Crippen molar-refractivity contribution in [2.24, 2.45) is 0 Å². The van der Waals surface area contributed by atoms with Crippen molar-refractivity contribution in [3.05, 3.63) is 69.7 Å². The highest BCUT2D eigenvalue weighted by Crippen LogP contribution is 2.50. The second kappa shape index (κ2) is 12.5. The summed E-state index contributed by atoms with van der Waals surface area (Å²) >= 11 is 5.19. The molecule has 1 saturated carbocycles. The Morgan fingerprint density at radius 3 is 2.55 bits per heavy atom. The van der Waals surface area contributed by atoms with Crippen LogP contribution in [0.15, 0.2) is 53.6 Å². The van der Waals surface area contributed by atoms with Crippen LogP contribution in [0.5, 0.6) is 11.6 Å². The number of aromatic nitrogens is 2. The van der Waals surface area contributed by atoms with Crippen molar-refractivity contribution in [3.8, 4) is 22.9 Å². The summed E-state index contributed by atoms with van der Waals surface area (Å²) < 4.78 is 22.4. The van der Waals surface area contributed by atoms with Gasteiger partial charge in [0.25, 0.3) is 5.95 Å². The Morgan fingerprint density at radius 1 is 1.12 bits per heavy atom. The van der Waals surface area contributed by atoms with Gasteiger partial charge in [-0.3, -0.25) is 0 Å². The Morgan fingerprint density at radius 2 is 1.88 bits per heavy atom. The first kappa shape index (κ1) is 28.2. The number of aryl methyl sites for hydroxylation is 1. The monoisotopic (exact) mass is 579 g/mol. The lowest BCUT2D eigenvalue weighted by atomic mass is 9.99. The smallest absolute Gasteiger partial charge is 0.269 e. The van der Waals surface area contributed by atoms with Gasteiger partial charge in [0.2, 0.25) is 10.8 Å². The molecule has 0 radical (unpaired) electrons. The first-order chi connectivity index (χ1) is 19.4. The molecule has 9 nitrogen and oxygen atoms in total. The minimum Gasteiger partial charge on any atom is -0.588 e. The van der Waals surface area contributed by atoms with Gasteiger partial charge < -0.3 is 29.8 Å². The van der Waals surface area contributed by atoms with Crippen LogP contribution in [0.2, 0.25) is 5.02 Å². The Labute approximate surface area is 243 Å². The Kier molecular flexibility index (Phi) is 8.80. The zero-order valence-corrected chi connectivity index (χ0v) is 24.5. The molecule has 1 atom stereocenters. The SMILES string of the molecule is CN/C=C(\C=N)[S+]([O-])Nc1nc(Oc2cccc(N3CCN(C)CC3)c2Cl)c(C2CC2)c(-c2ccccc2C)n1. The van der Waals surface area contributed by atoms with Crippen LogP contribution >= 0.6 is 11.6 Å². The van der Waals surface area contributed by atoms with Crippen LogP contribution in [0.3, 0.4) is 0 Å². The fourth-order valence-electron chi connectivity index (χ4n) is 4.76.